The van der Waals surface area contributed by atoms with Crippen LogP contribution in [-0.2, 0) is 16.0 Å². The largest absolute Gasteiger partial charge is 0.478 e. The van der Waals surface area contributed by atoms with Crippen LogP contribution in [0.2, 0.25) is 0 Å². The molecule has 0 aliphatic carbocycles. The second-order valence-corrected chi connectivity index (χ2v) is 8.58. The molecule has 3 aromatic rings. The molecule has 1 aliphatic heterocycles. The third kappa shape index (κ3) is 5.94. The maximum Gasteiger partial charge on any atom is 0.263 e. The van der Waals surface area contributed by atoms with Gasteiger partial charge in [-0.05, 0) is 37.1 Å². The number of morpholine rings is 1. The molecule has 1 saturated heterocycles. The number of benzene rings is 1. The standard InChI is InChI=1S/C26H34N4O4/c1-2-5-24(26(32)30-12-14-33-15-13-30)34-23-8-3-7-21-19(17-29-25(21)23)9-11-28-18-22(31)20-6-4-10-27-16-20/h3-4,6-8,10,16-17,22,24,28-29,31H,2,5,9,11-15,18H2,1H3/t22-,24-/m0/s1. The fraction of sp³-hybridized carbons (Fsp3) is 0.462. The maximum absolute atomic E-state index is 13.1. The van der Waals surface area contributed by atoms with Crippen molar-refractivity contribution in [2.24, 2.45) is 0 Å². The van der Waals surface area contributed by atoms with Gasteiger partial charge in [-0.1, -0.05) is 31.5 Å². The zero-order valence-corrected chi connectivity index (χ0v) is 19.7. The summed E-state index contributed by atoms with van der Waals surface area (Å²) in [6, 6.07) is 9.65. The summed E-state index contributed by atoms with van der Waals surface area (Å²) in [6.07, 6.45) is 6.62. The number of aromatic nitrogens is 2. The van der Waals surface area contributed by atoms with E-state index in [0.29, 0.717) is 45.0 Å². The van der Waals surface area contributed by atoms with Crippen molar-refractivity contribution < 1.29 is 19.4 Å². The molecule has 8 heteroatoms. The van der Waals surface area contributed by atoms with Crippen LogP contribution in [0.4, 0.5) is 0 Å². The quantitative estimate of drug-likeness (QED) is 0.376. The Bertz CT molecular complexity index is 1050. The first-order valence-corrected chi connectivity index (χ1v) is 12.1. The summed E-state index contributed by atoms with van der Waals surface area (Å²) in [5.41, 5.74) is 2.87. The molecule has 0 radical (unpaired) electrons. The number of ether oxygens (including phenoxy) is 2. The van der Waals surface area contributed by atoms with E-state index < -0.39 is 12.2 Å². The Morgan fingerprint density at radius 3 is 2.91 bits per heavy atom. The van der Waals surface area contributed by atoms with Crippen LogP contribution in [0.15, 0.2) is 48.9 Å². The highest BCUT2D eigenvalue weighted by Crippen LogP contribution is 2.29. The average molecular weight is 467 g/mol. The predicted octanol–water partition coefficient (Wildman–Crippen LogP) is 2.83. The van der Waals surface area contributed by atoms with Crippen LogP contribution >= 0.6 is 0 Å². The molecule has 0 spiro atoms. The number of carbonyl (C=O) groups is 1. The number of aliphatic hydroxyl groups is 1. The molecule has 1 amide bonds. The van der Waals surface area contributed by atoms with Gasteiger partial charge in [0.25, 0.3) is 5.91 Å². The van der Waals surface area contributed by atoms with E-state index >= 15 is 0 Å². The van der Waals surface area contributed by atoms with Gasteiger partial charge < -0.3 is 29.8 Å². The molecule has 1 aliphatic rings. The van der Waals surface area contributed by atoms with Crippen molar-refractivity contribution in [2.45, 2.75) is 38.4 Å². The lowest BCUT2D eigenvalue weighted by Crippen LogP contribution is -2.47. The Kier molecular flexibility index (Phi) is 8.51. The first-order chi connectivity index (χ1) is 16.7. The van der Waals surface area contributed by atoms with Crippen LogP contribution in [0.5, 0.6) is 5.75 Å². The number of rotatable bonds is 11. The van der Waals surface area contributed by atoms with Gasteiger partial charge in [0.2, 0.25) is 0 Å². The number of carbonyl (C=O) groups excluding carboxylic acids is 1. The van der Waals surface area contributed by atoms with Crippen molar-refractivity contribution in [3.63, 3.8) is 0 Å². The smallest absolute Gasteiger partial charge is 0.263 e. The molecule has 3 N–H and O–H groups in total. The molecular formula is C26H34N4O4. The molecule has 34 heavy (non-hydrogen) atoms. The number of para-hydroxylation sites is 1. The van der Waals surface area contributed by atoms with Crippen molar-refractivity contribution >= 4 is 16.8 Å². The van der Waals surface area contributed by atoms with E-state index in [1.54, 1.807) is 12.4 Å². The van der Waals surface area contributed by atoms with Gasteiger partial charge in [-0.15, -0.1) is 0 Å². The summed E-state index contributed by atoms with van der Waals surface area (Å²) in [7, 11) is 0. The number of pyridine rings is 1. The van der Waals surface area contributed by atoms with E-state index in [1.807, 2.05) is 35.4 Å². The molecule has 0 bridgehead atoms. The lowest BCUT2D eigenvalue weighted by atomic mass is 10.1. The number of H-pyrrole nitrogens is 1. The lowest BCUT2D eigenvalue weighted by Gasteiger charge is -2.30. The zero-order valence-electron chi connectivity index (χ0n) is 19.7. The van der Waals surface area contributed by atoms with Crippen LogP contribution in [0.3, 0.4) is 0 Å². The SMILES string of the molecule is CCC[C@H](Oc1cccc2c(CCNC[C@H](O)c3cccnc3)c[nH]c12)C(=O)N1CCOCC1. The molecule has 2 atom stereocenters. The molecule has 2 aromatic heterocycles. The average Bonchev–Trinajstić information content (AvgIpc) is 3.31. The van der Waals surface area contributed by atoms with Crippen LogP contribution in [0.1, 0.15) is 37.0 Å². The number of nitrogens with one attached hydrogen (secondary N) is 2. The van der Waals surface area contributed by atoms with E-state index in [0.717, 1.165) is 41.4 Å². The first-order valence-electron chi connectivity index (χ1n) is 12.1. The van der Waals surface area contributed by atoms with Crippen molar-refractivity contribution in [1.29, 1.82) is 0 Å². The lowest BCUT2D eigenvalue weighted by molar-refractivity contribution is -0.143. The highest BCUT2D eigenvalue weighted by molar-refractivity contribution is 5.89. The van der Waals surface area contributed by atoms with Gasteiger partial charge in [0.15, 0.2) is 6.10 Å². The minimum atomic E-state index is -0.587. The number of hydrogen-bond donors (Lipinski definition) is 3. The van der Waals surface area contributed by atoms with E-state index in [4.69, 9.17) is 9.47 Å². The summed E-state index contributed by atoms with van der Waals surface area (Å²) in [5, 5.41) is 14.7. The van der Waals surface area contributed by atoms with Crippen LogP contribution in [0, 0.1) is 0 Å². The van der Waals surface area contributed by atoms with Crippen LogP contribution < -0.4 is 10.1 Å². The minimum absolute atomic E-state index is 0.0327. The number of fused-ring (bicyclic) bond motifs is 1. The number of aliphatic hydroxyl groups excluding tert-OH is 1. The molecule has 0 saturated carbocycles. The van der Waals surface area contributed by atoms with E-state index in [2.05, 4.69) is 28.3 Å². The molecule has 1 aromatic carbocycles. The van der Waals surface area contributed by atoms with Gasteiger partial charge in [-0.2, -0.15) is 0 Å². The number of aromatic amines is 1. The molecule has 182 valence electrons. The monoisotopic (exact) mass is 466 g/mol. The number of hydrogen-bond acceptors (Lipinski definition) is 6. The fourth-order valence-corrected chi connectivity index (χ4v) is 4.28. The summed E-state index contributed by atoms with van der Waals surface area (Å²) in [5.74, 6) is 0.731. The van der Waals surface area contributed by atoms with Gasteiger partial charge in [0.05, 0.1) is 24.8 Å². The molecule has 1 fully saturated rings. The Morgan fingerprint density at radius 1 is 1.29 bits per heavy atom. The zero-order chi connectivity index (χ0) is 23.8. The van der Waals surface area contributed by atoms with E-state index in [1.165, 1.54) is 0 Å². The normalized spacial score (nSPS) is 15.9. The topological polar surface area (TPSA) is 99.7 Å². The Hall–Kier alpha value is -2.94. The Morgan fingerprint density at radius 2 is 2.15 bits per heavy atom. The highest BCUT2D eigenvalue weighted by atomic mass is 16.5. The summed E-state index contributed by atoms with van der Waals surface area (Å²) >= 11 is 0. The Balaban J connectivity index is 1.38. The first kappa shape index (κ1) is 24.2. The van der Waals surface area contributed by atoms with Crippen molar-refractivity contribution in [3.05, 3.63) is 60.0 Å². The fourth-order valence-electron chi connectivity index (χ4n) is 4.28. The van der Waals surface area contributed by atoms with Crippen LogP contribution in [0.25, 0.3) is 10.9 Å². The van der Waals surface area contributed by atoms with Gasteiger partial charge in [-0.25, -0.2) is 0 Å². The van der Waals surface area contributed by atoms with Gasteiger partial charge in [0.1, 0.15) is 5.75 Å². The second kappa shape index (κ2) is 12.0. The minimum Gasteiger partial charge on any atom is -0.478 e. The number of amides is 1. The summed E-state index contributed by atoms with van der Waals surface area (Å²) in [4.78, 5) is 22.3. The van der Waals surface area contributed by atoms with Crippen molar-refractivity contribution in [2.75, 3.05) is 39.4 Å². The molecule has 3 heterocycles. The molecule has 8 nitrogen and oxygen atoms in total. The van der Waals surface area contributed by atoms with Crippen LogP contribution in [-0.4, -0.2) is 71.4 Å². The van der Waals surface area contributed by atoms with E-state index in [9.17, 15) is 9.90 Å². The van der Waals surface area contributed by atoms with Crippen molar-refractivity contribution in [1.82, 2.24) is 20.2 Å². The maximum atomic E-state index is 13.1. The third-order valence-corrected chi connectivity index (χ3v) is 6.16. The molecular weight excluding hydrogens is 432 g/mol. The van der Waals surface area contributed by atoms with Gasteiger partial charge in [-0.3, -0.25) is 9.78 Å². The third-order valence-electron chi connectivity index (χ3n) is 6.16. The predicted molar refractivity (Wildman–Crippen MR) is 131 cm³/mol. The number of nitrogens with zero attached hydrogens (tertiary/aromatic N) is 2. The van der Waals surface area contributed by atoms with E-state index in [-0.39, 0.29) is 5.91 Å². The van der Waals surface area contributed by atoms with Gasteiger partial charge in [0, 0.05) is 49.2 Å². The second-order valence-electron chi connectivity index (χ2n) is 8.58. The molecule has 4 rings (SSSR count). The molecule has 0 unspecified atom stereocenters. The summed E-state index contributed by atoms with van der Waals surface area (Å²) in [6.45, 7) is 5.63. The highest BCUT2D eigenvalue weighted by Gasteiger charge is 2.27. The summed E-state index contributed by atoms with van der Waals surface area (Å²) < 4.78 is 11.7. The van der Waals surface area contributed by atoms with Crippen molar-refractivity contribution in [3.8, 4) is 5.75 Å². The van der Waals surface area contributed by atoms with Gasteiger partial charge >= 0.3 is 0 Å². The Labute approximate surface area is 200 Å².